The molecule has 7 nitrogen and oxygen atoms in total. The highest BCUT2D eigenvalue weighted by Gasteiger charge is 2.43. The lowest BCUT2D eigenvalue weighted by molar-refractivity contribution is -0.384. The van der Waals surface area contributed by atoms with E-state index in [9.17, 15) is 18.5 Å². The number of nitrogens with two attached hydrogens (primary N) is 1. The first-order valence-electron chi connectivity index (χ1n) is 6.37. The molecule has 0 heterocycles. The molecule has 0 aromatic heterocycles. The van der Waals surface area contributed by atoms with Gasteiger partial charge < -0.3 is 5.73 Å². The molecule has 1 aliphatic carbocycles. The number of nitrogens with one attached hydrogen (secondary N) is 1. The van der Waals surface area contributed by atoms with Crippen LogP contribution in [0.2, 0.25) is 5.02 Å². The van der Waals surface area contributed by atoms with E-state index in [1.165, 1.54) is 12.1 Å². The van der Waals surface area contributed by atoms with E-state index in [1.54, 1.807) is 6.92 Å². The third-order valence-corrected chi connectivity index (χ3v) is 5.62. The van der Waals surface area contributed by atoms with Gasteiger partial charge in [0.05, 0.1) is 9.82 Å². The summed E-state index contributed by atoms with van der Waals surface area (Å²) in [6.07, 6.45) is 1.83. The minimum atomic E-state index is -3.90. The molecular formula is C12H16ClN3O4S. The first-order chi connectivity index (χ1) is 9.69. The molecule has 0 amide bonds. The maximum atomic E-state index is 12.4. The summed E-state index contributed by atoms with van der Waals surface area (Å²) in [5.74, 6) is 0.194. The van der Waals surface area contributed by atoms with E-state index in [2.05, 4.69) is 4.72 Å². The number of nitro groups is 1. The SMILES string of the molecule is CC(CN)(NS(=O)(=O)c1ccc(Cl)c([N+](=O)[O-])c1)C1CC1. The molecule has 1 saturated carbocycles. The number of rotatable bonds is 6. The summed E-state index contributed by atoms with van der Waals surface area (Å²) in [6.45, 7) is 1.90. The van der Waals surface area contributed by atoms with E-state index >= 15 is 0 Å². The summed E-state index contributed by atoms with van der Waals surface area (Å²) < 4.78 is 27.4. The number of sulfonamides is 1. The Labute approximate surface area is 127 Å². The molecule has 1 fully saturated rings. The summed E-state index contributed by atoms with van der Waals surface area (Å²) in [6, 6.07) is 3.39. The number of benzene rings is 1. The van der Waals surface area contributed by atoms with Crippen molar-refractivity contribution in [2.24, 2.45) is 11.7 Å². The van der Waals surface area contributed by atoms with Gasteiger partial charge in [-0.2, -0.15) is 0 Å². The molecule has 21 heavy (non-hydrogen) atoms. The van der Waals surface area contributed by atoms with E-state index in [1.807, 2.05) is 0 Å². The number of nitrogens with zero attached hydrogens (tertiary/aromatic N) is 1. The average molecular weight is 334 g/mol. The molecule has 2 rings (SSSR count). The fourth-order valence-corrected chi connectivity index (χ4v) is 3.86. The molecule has 0 saturated heterocycles. The van der Waals surface area contributed by atoms with Crippen LogP contribution in [0.3, 0.4) is 0 Å². The minimum Gasteiger partial charge on any atom is -0.329 e. The Kier molecular flexibility index (Phi) is 4.25. The third-order valence-electron chi connectivity index (χ3n) is 3.69. The summed E-state index contributed by atoms with van der Waals surface area (Å²) in [4.78, 5) is 9.93. The van der Waals surface area contributed by atoms with Crippen molar-refractivity contribution in [2.75, 3.05) is 6.54 Å². The maximum Gasteiger partial charge on any atom is 0.289 e. The Morgan fingerprint density at radius 3 is 2.62 bits per heavy atom. The molecule has 0 spiro atoms. The summed E-state index contributed by atoms with van der Waals surface area (Å²) in [5.41, 5.74) is 4.49. The zero-order valence-electron chi connectivity index (χ0n) is 11.4. The summed E-state index contributed by atoms with van der Waals surface area (Å²) >= 11 is 5.69. The van der Waals surface area contributed by atoms with Gasteiger partial charge in [-0.3, -0.25) is 10.1 Å². The van der Waals surface area contributed by atoms with Crippen molar-refractivity contribution in [3.05, 3.63) is 33.3 Å². The van der Waals surface area contributed by atoms with Crippen LogP contribution in [0.25, 0.3) is 0 Å². The molecule has 9 heteroatoms. The lowest BCUT2D eigenvalue weighted by Gasteiger charge is -2.29. The zero-order valence-corrected chi connectivity index (χ0v) is 12.9. The second-order valence-corrected chi connectivity index (χ2v) is 7.46. The zero-order chi connectivity index (χ0) is 15.8. The van der Waals surface area contributed by atoms with Gasteiger partial charge >= 0.3 is 0 Å². The van der Waals surface area contributed by atoms with Crippen LogP contribution in [0.1, 0.15) is 19.8 Å². The second kappa shape index (κ2) is 5.53. The van der Waals surface area contributed by atoms with Gasteiger partial charge in [0.15, 0.2) is 0 Å². The normalized spacial score (nSPS) is 18.2. The molecule has 1 aromatic carbocycles. The van der Waals surface area contributed by atoms with Crippen molar-refractivity contribution in [1.29, 1.82) is 0 Å². The van der Waals surface area contributed by atoms with Crippen LogP contribution < -0.4 is 10.5 Å². The fraction of sp³-hybridized carbons (Fsp3) is 0.500. The Bertz CT molecular complexity index is 675. The van der Waals surface area contributed by atoms with Crippen molar-refractivity contribution in [1.82, 2.24) is 4.72 Å². The predicted molar refractivity (Wildman–Crippen MR) is 78.6 cm³/mol. The molecule has 0 bridgehead atoms. The van der Waals surface area contributed by atoms with Gasteiger partial charge in [0.1, 0.15) is 5.02 Å². The van der Waals surface area contributed by atoms with Gasteiger partial charge in [-0.1, -0.05) is 11.6 Å². The van der Waals surface area contributed by atoms with E-state index in [-0.39, 0.29) is 22.4 Å². The van der Waals surface area contributed by atoms with E-state index in [4.69, 9.17) is 17.3 Å². The predicted octanol–water partition coefficient (Wildman–Crippen LogP) is 1.65. The lowest BCUT2D eigenvalue weighted by atomic mass is 9.98. The number of hydrogen-bond acceptors (Lipinski definition) is 5. The quantitative estimate of drug-likeness (QED) is 0.606. The Hall–Kier alpha value is -1.22. The smallest absolute Gasteiger partial charge is 0.289 e. The number of nitro benzene ring substituents is 1. The number of halogens is 1. The molecular weight excluding hydrogens is 318 g/mol. The van der Waals surface area contributed by atoms with Crippen molar-refractivity contribution < 1.29 is 13.3 Å². The van der Waals surface area contributed by atoms with Gasteiger partial charge in [0, 0.05) is 18.2 Å². The molecule has 1 aliphatic rings. The Morgan fingerprint density at radius 2 is 2.14 bits per heavy atom. The van der Waals surface area contributed by atoms with Crippen LogP contribution in [-0.4, -0.2) is 25.4 Å². The molecule has 1 aromatic rings. The molecule has 116 valence electrons. The van der Waals surface area contributed by atoms with Crippen LogP contribution >= 0.6 is 11.6 Å². The highest BCUT2D eigenvalue weighted by Crippen LogP contribution is 2.40. The monoisotopic (exact) mass is 333 g/mol. The Morgan fingerprint density at radius 1 is 1.52 bits per heavy atom. The average Bonchev–Trinajstić information content (AvgIpc) is 3.22. The fourth-order valence-electron chi connectivity index (χ4n) is 2.18. The second-order valence-electron chi connectivity index (χ2n) is 5.37. The van der Waals surface area contributed by atoms with Crippen LogP contribution in [-0.2, 0) is 10.0 Å². The molecule has 1 unspecified atom stereocenters. The van der Waals surface area contributed by atoms with Gasteiger partial charge in [0.25, 0.3) is 5.69 Å². The van der Waals surface area contributed by atoms with Gasteiger partial charge in [0.2, 0.25) is 10.0 Å². The Balaban J connectivity index is 2.35. The van der Waals surface area contributed by atoms with Crippen molar-refractivity contribution in [3.8, 4) is 0 Å². The highest BCUT2D eigenvalue weighted by atomic mass is 35.5. The number of hydrogen-bond donors (Lipinski definition) is 2. The van der Waals surface area contributed by atoms with Crippen molar-refractivity contribution in [3.63, 3.8) is 0 Å². The topological polar surface area (TPSA) is 115 Å². The molecule has 1 atom stereocenters. The summed E-state index contributed by atoms with van der Waals surface area (Å²) in [7, 11) is -3.90. The van der Waals surface area contributed by atoms with Gasteiger partial charge in [-0.15, -0.1) is 0 Å². The van der Waals surface area contributed by atoms with Crippen LogP contribution in [0.5, 0.6) is 0 Å². The van der Waals surface area contributed by atoms with Crippen LogP contribution in [0, 0.1) is 16.0 Å². The summed E-state index contributed by atoms with van der Waals surface area (Å²) in [5, 5.41) is 10.7. The van der Waals surface area contributed by atoms with E-state index in [0.29, 0.717) is 0 Å². The first-order valence-corrected chi connectivity index (χ1v) is 8.24. The van der Waals surface area contributed by atoms with Crippen molar-refractivity contribution >= 4 is 27.3 Å². The van der Waals surface area contributed by atoms with E-state index < -0.39 is 26.2 Å². The largest absolute Gasteiger partial charge is 0.329 e. The van der Waals surface area contributed by atoms with Gasteiger partial charge in [-0.25, -0.2) is 13.1 Å². The highest BCUT2D eigenvalue weighted by molar-refractivity contribution is 7.89. The first kappa shape index (κ1) is 16.2. The van der Waals surface area contributed by atoms with Crippen LogP contribution in [0.4, 0.5) is 5.69 Å². The van der Waals surface area contributed by atoms with Crippen LogP contribution in [0.15, 0.2) is 23.1 Å². The minimum absolute atomic E-state index is 0.109. The molecule has 3 N–H and O–H groups in total. The van der Waals surface area contributed by atoms with E-state index in [0.717, 1.165) is 18.9 Å². The standard InChI is InChI=1S/C12H16ClN3O4S/c1-12(7-14,8-2-3-8)15-21(19,20)9-4-5-10(13)11(6-9)16(17)18/h4-6,8,15H,2-3,7,14H2,1H3. The maximum absolute atomic E-state index is 12.4. The molecule has 0 aliphatic heterocycles. The third kappa shape index (κ3) is 3.34. The molecule has 0 radical (unpaired) electrons. The lowest BCUT2D eigenvalue weighted by Crippen LogP contribution is -2.52. The van der Waals surface area contributed by atoms with Gasteiger partial charge in [-0.05, 0) is 37.8 Å². The van der Waals surface area contributed by atoms with Crippen molar-refractivity contribution in [2.45, 2.75) is 30.2 Å².